The molecule has 146 valence electrons. The minimum Gasteiger partial charge on any atom is -0.486 e. The van der Waals surface area contributed by atoms with Crippen LogP contribution in [0.15, 0.2) is 58.2 Å². The van der Waals surface area contributed by atoms with Crippen LogP contribution in [0.25, 0.3) is 17.0 Å². The lowest BCUT2D eigenvalue weighted by molar-refractivity contribution is -0.115. The second-order valence-electron chi connectivity index (χ2n) is 6.30. The Hall–Kier alpha value is -3.39. The van der Waals surface area contributed by atoms with Crippen LogP contribution in [0, 0.1) is 0 Å². The molecule has 0 aliphatic carbocycles. The zero-order valence-electron chi connectivity index (χ0n) is 15.5. The molecule has 4 rings (SSSR count). The van der Waals surface area contributed by atoms with E-state index in [0.29, 0.717) is 33.9 Å². The van der Waals surface area contributed by atoms with Gasteiger partial charge in [0.1, 0.15) is 18.2 Å². The number of rotatable bonds is 5. The molecule has 29 heavy (non-hydrogen) atoms. The van der Waals surface area contributed by atoms with Gasteiger partial charge in [0.15, 0.2) is 0 Å². The average molecular weight is 407 g/mol. The predicted molar refractivity (Wildman–Crippen MR) is 112 cm³/mol. The number of aromatic nitrogens is 2. The number of nitrogens with zero attached hydrogens (tertiary/aromatic N) is 2. The van der Waals surface area contributed by atoms with Crippen molar-refractivity contribution in [2.45, 2.75) is 20.1 Å². The number of carbonyl (C=O) groups is 2. The quantitative estimate of drug-likeness (QED) is 0.653. The van der Waals surface area contributed by atoms with E-state index in [0.717, 1.165) is 17.3 Å². The standard InChI is InChI=1S/C21H17N3O4S/c1-2-24-18(22-16-6-4-3-5-15(16)20(24)26)12-28-14-9-7-13(8-10-14)11-17-19(25)23-21(27)29-17/h3-11H,2,12H2,1H3,(H,23,25,27)/b17-11+. The van der Waals surface area contributed by atoms with Crippen LogP contribution >= 0.6 is 11.8 Å². The maximum Gasteiger partial charge on any atom is 0.290 e. The average Bonchev–Trinajstić information content (AvgIpc) is 3.04. The molecule has 1 N–H and O–H groups in total. The Morgan fingerprint density at radius 1 is 1.10 bits per heavy atom. The van der Waals surface area contributed by atoms with Crippen molar-refractivity contribution in [1.82, 2.24) is 14.9 Å². The van der Waals surface area contributed by atoms with Gasteiger partial charge in [0, 0.05) is 6.54 Å². The summed E-state index contributed by atoms with van der Waals surface area (Å²) in [4.78, 5) is 40.4. The fraction of sp³-hybridized carbons (Fsp3) is 0.143. The summed E-state index contributed by atoms with van der Waals surface area (Å²) >= 11 is 0.876. The van der Waals surface area contributed by atoms with Crippen molar-refractivity contribution in [1.29, 1.82) is 0 Å². The maximum atomic E-state index is 12.7. The van der Waals surface area contributed by atoms with E-state index in [1.165, 1.54) is 0 Å². The molecule has 0 radical (unpaired) electrons. The van der Waals surface area contributed by atoms with Gasteiger partial charge < -0.3 is 4.74 Å². The Morgan fingerprint density at radius 3 is 2.55 bits per heavy atom. The fourth-order valence-corrected chi connectivity index (χ4v) is 3.71. The highest BCUT2D eigenvalue weighted by Crippen LogP contribution is 2.26. The van der Waals surface area contributed by atoms with Crippen LogP contribution in [0.2, 0.25) is 0 Å². The first-order valence-electron chi connectivity index (χ1n) is 9.01. The Morgan fingerprint density at radius 2 is 1.86 bits per heavy atom. The maximum absolute atomic E-state index is 12.7. The minimum atomic E-state index is -0.389. The van der Waals surface area contributed by atoms with Crippen LogP contribution in [0.3, 0.4) is 0 Å². The molecule has 0 unspecified atom stereocenters. The van der Waals surface area contributed by atoms with Gasteiger partial charge in [-0.1, -0.05) is 24.3 Å². The third-order valence-electron chi connectivity index (χ3n) is 4.44. The first-order valence-corrected chi connectivity index (χ1v) is 9.83. The van der Waals surface area contributed by atoms with Gasteiger partial charge >= 0.3 is 0 Å². The van der Waals surface area contributed by atoms with Crippen molar-refractivity contribution < 1.29 is 14.3 Å². The van der Waals surface area contributed by atoms with Crippen molar-refractivity contribution in [3.8, 4) is 5.75 Å². The molecule has 1 fully saturated rings. The largest absolute Gasteiger partial charge is 0.486 e. The number of nitrogens with one attached hydrogen (secondary N) is 1. The van der Waals surface area contributed by atoms with Gasteiger partial charge in [0.2, 0.25) is 0 Å². The van der Waals surface area contributed by atoms with Gasteiger partial charge in [0.05, 0.1) is 15.8 Å². The summed E-state index contributed by atoms with van der Waals surface area (Å²) in [5.74, 6) is 0.775. The zero-order valence-corrected chi connectivity index (χ0v) is 16.4. The summed E-state index contributed by atoms with van der Waals surface area (Å²) in [6.07, 6.45) is 1.65. The normalized spacial score (nSPS) is 15.1. The number of hydrogen-bond acceptors (Lipinski definition) is 6. The summed E-state index contributed by atoms with van der Waals surface area (Å²) in [6.45, 7) is 2.55. The van der Waals surface area contributed by atoms with Crippen LogP contribution in [0.4, 0.5) is 4.79 Å². The van der Waals surface area contributed by atoms with Gasteiger partial charge in [-0.15, -0.1) is 0 Å². The summed E-state index contributed by atoms with van der Waals surface area (Å²) in [7, 11) is 0. The molecule has 3 aromatic rings. The van der Waals surface area contributed by atoms with Crippen molar-refractivity contribution in [3.05, 3.63) is 75.2 Å². The van der Waals surface area contributed by atoms with E-state index in [1.807, 2.05) is 25.1 Å². The third kappa shape index (κ3) is 3.93. The van der Waals surface area contributed by atoms with Crippen molar-refractivity contribution in [2.75, 3.05) is 0 Å². The summed E-state index contributed by atoms with van der Waals surface area (Å²) in [5, 5.41) is 2.44. The minimum absolute atomic E-state index is 0.0828. The van der Waals surface area contributed by atoms with Crippen molar-refractivity contribution in [3.63, 3.8) is 0 Å². The Kier molecular flexibility index (Phi) is 5.18. The highest BCUT2D eigenvalue weighted by molar-refractivity contribution is 8.18. The fourth-order valence-electron chi connectivity index (χ4n) is 3.03. The molecule has 8 heteroatoms. The van der Waals surface area contributed by atoms with Crippen LogP contribution in [-0.4, -0.2) is 20.7 Å². The number of imide groups is 1. The number of fused-ring (bicyclic) bond motifs is 1. The van der Waals surface area contributed by atoms with Gasteiger partial charge in [-0.25, -0.2) is 4.98 Å². The van der Waals surface area contributed by atoms with Crippen LogP contribution in [-0.2, 0) is 17.9 Å². The second-order valence-corrected chi connectivity index (χ2v) is 7.32. The van der Waals surface area contributed by atoms with E-state index in [2.05, 4.69) is 10.3 Å². The van der Waals surface area contributed by atoms with Crippen LogP contribution in [0.5, 0.6) is 5.75 Å². The molecular formula is C21H17N3O4S. The van der Waals surface area contributed by atoms with Crippen molar-refractivity contribution in [2.24, 2.45) is 0 Å². The molecule has 0 bridgehead atoms. The van der Waals surface area contributed by atoms with E-state index in [-0.39, 0.29) is 23.3 Å². The lowest BCUT2D eigenvalue weighted by atomic mass is 10.2. The number of carbonyl (C=O) groups excluding carboxylic acids is 2. The zero-order chi connectivity index (χ0) is 20.4. The second kappa shape index (κ2) is 7.92. The predicted octanol–water partition coefficient (Wildman–Crippen LogP) is 3.32. The first kappa shape index (κ1) is 18.9. The van der Waals surface area contributed by atoms with Crippen LogP contribution < -0.4 is 15.6 Å². The molecule has 1 aromatic heterocycles. The molecule has 2 heterocycles. The number of amides is 2. The smallest absolute Gasteiger partial charge is 0.290 e. The van der Waals surface area contributed by atoms with Gasteiger partial charge in [0.25, 0.3) is 16.7 Å². The Balaban J connectivity index is 1.52. The first-order chi connectivity index (χ1) is 14.0. The molecular weight excluding hydrogens is 390 g/mol. The number of para-hydroxylation sites is 1. The van der Waals surface area contributed by atoms with Crippen LogP contribution in [0.1, 0.15) is 18.3 Å². The molecule has 0 spiro atoms. The molecule has 2 amide bonds. The van der Waals surface area contributed by atoms with Crippen molar-refractivity contribution >= 4 is 39.9 Å². The molecule has 0 atom stereocenters. The Bertz CT molecular complexity index is 1200. The molecule has 7 nitrogen and oxygen atoms in total. The molecule has 1 aliphatic rings. The van der Waals surface area contributed by atoms with Gasteiger partial charge in [-0.2, -0.15) is 0 Å². The summed E-state index contributed by atoms with van der Waals surface area (Å²) < 4.78 is 7.43. The number of thioether (sulfide) groups is 1. The van der Waals surface area contributed by atoms with E-state index in [9.17, 15) is 14.4 Å². The highest BCUT2D eigenvalue weighted by Gasteiger charge is 2.24. The number of hydrogen-bond donors (Lipinski definition) is 1. The van der Waals surface area contributed by atoms with E-state index >= 15 is 0 Å². The lowest BCUT2D eigenvalue weighted by Gasteiger charge is -2.13. The van der Waals surface area contributed by atoms with E-state index in [1.54, 1.807) is 41.0 Å². The highest BCUT2D eigenvalue weighted by atomic mass is 32.2. The third-order valence-corrected chi connectivity index (χ3v) is 5.26. The summed E-state index contributed by atoms with van der Waals surface area (Å²) in [6, 6.07) is 14.4. The number of benzene rings is 2. The SMILES string of the molecule is CCn1c(COc2ccc(/C=C3/SC(=O)NC3=O)cc2)nc2ccccc2c1=O. The lowest BCUT2D eigenvalue weighted by Crippen LogP contribution is -2.25. The topological polar surface area (TPSA) is 90.3 Å². The number of ether oxygens (including phenoxy) is 1. The molecule has 1 aliphatic heterocycles. The molecule has 0 saturated carbocycles. The van der Waals surface area contributed by atoms with Gasteiger partial charge in [-0.05, 0) is 54.6 Å². The van der Waals surface area contributed by atoms with E-state index < -0.39 is 0 Å². The molecule has 2 aromatic carbocycles. The molecule has 1 saturated heterocycles. The monoisotopic (exact) mass is 407 g/mol. The van der Waals surface area contributed by atoms with E-state index in [4.69, 9.17) is 4.74 Å². The van der Waals surface area contributed by atoms with Gasteiger partial charge in [-0.3, -0.25) is 24.3 Å². The summed E-state index contributed by atoms with van der Waals surface area (Å²) in [5.41, 5.74) is 1.34. The Labute approximate surface area is 170 Å².